The summed E-state index contributed by atoms with van der Waals surface area (Å²) in [5.74, 6) is 1.56. The molecule has 0 aliphatic heterocycles. The molecule has 5 rings (SSSR count). The summed E-state index contributed by atoms with van der Waals surface area (Å²) in [5, 5.41) is 10.2. The summed E-state index contributed by atoms with van der Waals surface area (Å²) in [4.78, 5) is 6.10. The molecule has 6 heteroatoms. The molecule has 0 amide bonds. The monoisotopic (exact) mass is 359 g/mol. The average Bonchev–Trinajstić information content (AvgIpc) is 3.42. The smallest absolute Gasteiger partial charge is 0.134 e. The standard InChI is InChI=1S/C20H13N3O2S/c21-10-15-18(22)17-16(14-4-2-8-25-14)13-6-5-11(9-12-3-1-7-24-12)19(13)23-20(17)26-15/h1-4,7-9H,5-6,22H2. The third kappa shape index (κ3) is 2.11. The fraction of sp³-hybridized carbons (Fsp3) is 0.100. The van der Waals surface area contributed by atoms with Gasteiger partial charge >= 0.3 is 0 Å². The third-order valence-corrected chi connectivity index (χ3v) is 5.66. The molecule has 26 heavy (non-hydrogen) atoms. The Morgan fingerprint density at radius 3 is 2.77 bits per heavy atom. The second kappa shape index (κ2) is 5.61. The average molecular weight is 359 g/mol. The number of aromatic nitrogens is 1. The van der Waals surface area contributed by atoms with Gasteiger partial charge in [0.25, 0.3) is 0 Å². The van der Waals surface area contributed by atoms with Crippen LogP contribution in [0.4, 0.5) is 5.69 Å². The van der Waals surface area contributed by atoms with Crippen LogP contribution in [0.3, 0.4) is 0 Å². The lowest BCUT2D eigenvalue weighted by molar-refractivity contribution is 0.557. The van der Waals surface area contributed by atoms with Crippen LogP contribution in [0.1, 0.15) is 28.3 Å². The van der Waals surface area contributed by atoms with E-state index >= 15 is 0 Å². The highest BCUT2D eigenvalue weighted by Crippen LogP contribution is 2.46. The lowest BCUT2D eigenvalue weighted by atomic mass is 10.0. The van der Waals surface area contributed by atoms with Crippen LogP contribution in [0.5, 0.6) is 0 Å². The van der Waals surface area contributed by atoms with Crippen LogP contribution in [0.15, 0.2) is 45.6 Å². The SMILES string of the molecule is N#Cc1sc2nc3c(c(-c4ccco4)c2c1N)CCC3=Cc1ccco1. The number of nitrogen functional groups attached to an aromatic ring is 1. The van der Waals surface area contributed by atoms with Crippen LogP contribution in [0.2, 0.25) is 0 Å². The molecule has 1 aliphatic rings. The Morgan fingerprint density at radius 1 is 1.19 bits per heavy atom. The minimum absolute atomic E-state index is 0.484. The second-order valence-electron chi connectivity index (χ2n) is 6.11. The second-order valence-corrected chi connectivity index (χ2v) is 7.11. The number of nitrogens with two attached hydrogens (primary N) is 1. The van der Waals surface area contributed by atoms with Gasteiger partial charge in [-0.25, -0.2) is 4.98 Å². The molecule has 0 unspecified atom stereocenters. The number of hydrogen-bond acceptors (Lipinski definition) is 6. The Kier molecular flexibility index (Phi) is 3.24. The van der Waals surface area contributed by atoms with Crippen molar-refractivity contribution in [1.82, 2.24) is 4.98 Å². The number of fused-ring (bicyclic) bond motifs is 2. The summed E-state index contributed by atoms with van der Waals surface area (Å²) in [7, 11) is 0. The normalized spacial score (nSPS) is 14.8. The summed E-state index contributed by atoms with van der Waals surface area (Å²) in [6, 6.07) is 9.75. The van der Waals surface area contributed by atoms with Crippen LogP contribution >= 0.6 is 11.3 Å². The summed E-state index contributed by atoms with van der Waals surface area (Å²) in [5.41, 5.74) is 10.9. The molecule has 126 valence electrons. The van der Waals surface area contributed by atoms with Crippen LogP contribution in [0, 0.1) is 11.3 Å². The Hall–Kier alpha value is -3.30. The maximum absolute atomic E-state index is 9.38. The molecular formula is C20H13N3O2S. The number of thiophene rings is 1. The first kappa shape index (κ1) is 15.0. The molecule has 0 aromatic carbocycles. The maximum atomic E-state index is 9.38. The molecule has 0 atom stereocenters. The zero-order chi connectivity index (χ0) is 17.7. The summed E-state index contributed by atoms with van der Waals surface area (Å²) < 4.78 is 11.2. The van der Waals surface area contributed by atoms with E-state index in [0.717, 1.165) is 57.0 Å². The van der Waals surface area contributed by atoms with Gasteiger partial charge in [0.05, 0.1) is 23.9 Å². The van der Waals surface area contributed by atoms with Crippen molar-refractivity contribution >= 4 is 38.9 Å². The minimum atomic E-state index is 0.484. The van der Waals surface area contributed by atoms with Crippen molar-refractivity contribution in [3.05, 3.63) is 58.7 Å². The van der Waals surface area contributed by atoms with Crippen molar-refractivity contribution in [2.75, 3.05) is 5.73 Å². The van der Waals surface area contributed by atoms with Crippen molar-refractivity contribution in [2.24, 2.45) is 0 Å². The lowest BCUT2D eigenvalue weighted by Gasteiger charge is -2.09. The van der Waals surface area contributed by atoms with Crippen molar-refractivity contribution in [1.29, 1.82) is 5.26 Å². The number of furan rings is 2. The van der Waals surface area contributed by atoms with Crippen molar-refractivity contribution in [3.63, 3.8) is 0 Å². The molecule has 0 bridgehead atoms. The topological polar surface area (TPSA) is 89.0 Å². The molecule has 4 aromatic rings. The van der Waals surface area contributed by atoms with E-state index in [1.807, 2.05) is 30.3 Å². The van der Waals surface area contributed by atoms with Crippen molar-refractivity contribution in [2.45, 2.75) is 12.8 Å². The van der Waals surface area contributed by atoms with E-state index in [2.05, 4.69) is 6.07 Å². The summed E-state index contributed by atoms with van der Waals surface area (Å²) >= 11 is 1.32. The first-order valence-corrected chi connectivity index (χ1v) is 9.01. The van der Waals surface area contributed by atoms with Gasteiger partial charge in [0, 0.05) is 10.9 Å². The summed E-state index contributed by atoms with van der Waals surface area (Å²) in [6.45, 7) is 0. The quantitative estimate of drug-likeness (QED) is 0.538. The Bertz CT molecular complexity index is 1190. The Labute approximate surface area is 153 Å². The molecule has 0 fully saturated rings. The van der Waals surface area contributed by atoms with Crippen LogP contribution in [0.25, 0.3) is 33.2 Å². The predicted octanol–water partition coefficient (Wildman–Crippen LogP) is 5.09. The lowest BCUT2D eigenvalue weighted by Crippen LogP contribution is -1.95. The van der Waals surface area contributed by atoms with E-state index in [9.17, 15) is 5.26 Å². The van der Waals surface area contributed by atoms with Crippen LogP contribution < -0.4 is 5.73 Å². The molecule has 4 heterocycles. The fourth-order valence-electron chi connectivity index (χ4n) is 3.54. The zero-order valence-electron chi connectivity index (χ0n) is 13.7. The molecule has 5 nitrogen and oxygen atoms in total. The fourth-order valence-corrected chi connectivity index (χ4v) is 4.44. The molecule has 0 saturated heterocycles. The van der Waals surface area contributed by atoms with Gasteiger partial charge in [0.15, 0.2) is 0 Å². The van der Waals surface area contributed by atoms with Crippen LogP contribution in [-0.4, -0.2) is 4.98 Å². The van der Waals surface area contributed by atoms with E-state index in [0.29, 0.717) is 10.6 Å². The van der Waals surface area contributed by atoms with Gasteiger partial charge in [-0.3, -0.25) is 0 Å². The van der Waals surface area contributed by atoms with Gasteiger partial charge in [-0.05, 0) is 54.3 Å². The van der Waals surface area contributed by atoms with Gasteiger partial charge < -0.3 is 14.6 Å². The Balaban J connectivity index is 1.84. The molecule has 4 aromatic heterocycles. The molecular weight excluding hydrogens is 346 g/mol. The number of hydrogen-bond donors (Lipinski definition) is 1. The van der Waals surface area contributed by atoms with Crippen LogP contribution in [-0.2, 0) is 6.42 Å². The van der Waals surface area contributed by atoms with E-state index in [1.165, 1.54) is 11.3 Å². The molecule has 0 radical (unpaired) electrons. The van der Waals surface area contributed by atoms with E-state index in [1.54, 1.807) is 12.5 Å². The number of anilines is 1. The van der Waals surface area contributed by atoms with Crippen molar-refractivity contribution in [3.8, 4) is 17.4 Å². The van der Waals surface area contributed by atoms with Crippen molar-refractivity contribution < 1.29 is 8.83 Å². The summed E-state index contributed by atoms with van der Waals surface area (Å²) in [6.07, 6.45) is 7.05. The maximum Gasteiger partial charge on any atom is 0.134 e. The molecule has 0 saturated carbocycles. The van der Waals surface area contributed by atoms with Gasteiger partial charge in [-0.2, -0.15) is 5.26 Å². The van der Waals surface area contributed by atoms with E-state index < -0.39 is 0 Å². The molecule has 2 N–H and O–H groups in total. The van der Waals surface area contributed by atoms with E-state index in [-0.39, 0.29) is 0 Å². The third-order valence-electron chi connectivity index (χ3n) is 4.65. The number of rotatable bonds is 2. The molecule has 0 spiro atoms. The highest BCUT2D eigenvalue weighted by Gasteiger charge is 2.28. The Morgan fingerprint density at radius 2 is 2.04 bits per heavy atom. The minimum Gasteiger partial charge on any atom is -0.465 e. The van der Waals surface area contributed by atoms with Gasteiger partial charge in [-0.15, -0.1) is 11.3 Å². The highest BCUT2D eigenvalue weighted by molar-refractivity contribution is 7.20. The molecule has 1 aliphatic carbocycles. The van der Waals surface area contributed by atoms with Gasteiger partial charge in [0.1, 0.15) is 27.3 Å². The number of pyridine rings is 1. The van der Waals surface area contributed by atoms with Gasteiger partial charge in [0.2, 0.25) is 0 Å². The largest absolute Gasteiger partial charge is 0.465 e. The first-order chi connectivity index (χ1) is 12.8. The van der Waals surface area contributed by atoms with Gasteiger partial charge in [-0.1, -0.05) is 0 Å². The number of nitrogens with zero attached hydrogens (tertiary/aromatic N) is 2. The van der Waals surface area contributed by atoms with E-state index in [4.69, 9.17) is 19.6 Å². The number of nitriles is 1. The zero-order valence-corrected chi connectivity index (χ0v) is 14.5. The first-order valence-electron chi connectivity index (χ1n) is 8.19. The predicted molar refractivity (Wildman–Crippen MR) is 101 cm³/mol. The highest BCUT2D eigenvalue weighted by atomic mass is 32.1. The number of allylic oxidation sites excluding steroid dienone is 1.